The van der Waals surface area contributed by atoms with E-state index in [4.69, 9.17) is 5.73 Å². The van der Waals surface area contributed by atoms with Crippen molar-refractivity contribution >= 4 is 11.6 Å². The molecule has 5 heteroatoms. The quantitative estimate of drug-likeness (QED) is 0.861. The molecule has 2 aliphatic rings. The molecule has 0 atom stereocenters. The molecule has 0 radical (unpaired) electrons. The van der Waals surface area contributed by atoms with Gasteiger partial charge in [-0.25, -0.2) is 9.97 Å². The Balaban J connectivity index is 1.53. The summed E-state index contributed by atoms with van der Waals surface area (Å²) >= 11 is 0. The number of nitrogen functional groups attached to an aromatic ring is 1. The van der Waals surface area contributed by atoms with Gasteiger partial charge in [-0.3, -0.25) is 0 Å². The number of nitrogens with one attached hydrogen (secondary N) is 1. The van der Waals surface area contributed by atoms with Crippen LogP contribution in [0.2, 0.25) is 0 Å². The predicted octanol–water partition coefficient (Wildman–Crippen LogP) is 2.08. The zero-order valence-corrected chi connectivity index (χ0v) is 12.3. The molecule has 5 nitrogen and oxygen atoms in total. The van der Waals surface area contributed by atoms with E-state index >= 15 is 0 Å². The van der Waals surface area contributed by atoms with E-state index in [0.717, 1.165) is 24.1 Å². The Morgan fingerprint density at radius 3 is 2.65 bits per heavy atom. The Hall–Kier alpha value is -1.36. The Labute approximate surface area is 121 Å². The number of aromatic nitrogens is 2. The van der Waals surface area contributed by atoms with Gasteiger partial charge in [-0.1, -0.05) is 6.92 Å². The molecule has 0 bridgehead atoms. The molecule has 20 heavy (non-hydrogen) atoms. The molecule has 0 unspecified atom stereocenters. The number of nitrogens with two attached hydrogens (primary N) is 1. The van der Waals surface area contributed by atoms with Crippen LogP contribution in [0.25, 0.3) is 0 Å². The van der Waals surface area contributed by atoms with Gasteiger partial charge in [0.1, 0.15) is 17.5 Å². The summed E-state index contributed by atoms with van der Waals surface area (Å²) in [6.07, 6.45) is 4.96. The molecule has 1 saturated heterocycles. The number of nitrogens with zero attached hydrogens (tertiary/aromatic N) is 3. The van der Waals surface area contributed by atoms with Gasteiger partial charge in [-0.2, -0.15) is 0 Å². The Morgan fingerprint density at radius 2 is 2.00 bits per heavy atom. The first-order valence-electron chi connectivity index (χ1n) is 7.85. The summed E-state index contributed by atoms with van der Waals surface area (Å²) in [5.74, 6) is 3.71. The third-order valence-electron chi connectivity index (χ3n) is 4.43. The van der Waals surface area contributed by atoms with Crippen LogP contribution in [-0.4, -0.2) is 41.0 Å². The second kappa shape index (κ2) is 5.95. The molecule has 2 heterocycles. The summed E-state index contributed by atoms with van der Waals surface area (Å²) in [7, 11) is 0. The minimum atomic E-state index is 0.548. The third-order valence-corrected chi connectivity index (χ3v) is 4.43. The zero-order chi connectivity index (χ0) is 13.9. The monoisotopic (exact) mass is 275 g/mol. The Bertz CT molecular complexity index is 450. The number of hydrogen-bond donors (Lipinski definition) is 2. The minimum Gasteiger partial charge on any atom is -0.384 e. The molecule has 3 rings (SSSR count). The van der Waals surface area contributed by atoms with Crippen molar-refractivity contribution < 1.29 is 0 Å². The molecular formula is C15H25N5. The van der Waals surface area contributed by atoms with Gasteiger partial charge >= 0.3 is 0 Å². The van der Waals surface area contributed by atoms with Crippen LogP contribution in [0.15, 0.2) is 6.07 Å². The molecule has 1 aliphatic heterocycles. The molecule has 0 aromatic carbocycles. The second-order valence-corrected chi connectivity index (χ2v) is 6.07. The number of hydrogen-bond acceptors (Lipinski definition) is 5. The second-order valence-electron chi connectivity index (χ2n) is 6.07. The maximum Gasteiger partial charge on any atom is 0.136 e. The summed E-state index contributed by atoms with van der Waals surface area (Å²) < 4.78 is 0. The van der Waals surface area contributed by atoms with E-state index in [1.54, 1.807) is 0 Å². The molecule has 1 aliphatic carbocycles. The SMILES string of the molecule is CCN1CCC(CNc2cc(N)nc(C3CC3)n2)CC1. The van der Waals surface area contributed by atoms with Crippen molar-refractivity contribution in [2.45, 2.75) is 38.5 Å². The third kappa shape index (κ3) is 3.39. The van der Waals surface area contributed by atoms with Crippen molar-refractivity contribution in [3.63, 3.8) is 0 Å². The van der Waals surface area contributed by atoms with Gasteiger partial charge in [-0.15, -0.1) is 0 Å². The molecule has 1 saturated carbocycles. The number of piperidine rings is 1. The van der Waals surface area contributed by atoms with Crippen LogP contribution >= 0.6 is 0 Å². The fraction of sp³-hybridized carbons (Fsp3) is 0.733. The molecule has 1 aromatic rings. The maximum atomic E-state index is 5.87. The lowest BCUT2D eigenvalue weighted by molar-refractivity contribution is 0.198. The van der Waals surface area contributed by atoms with E-state index in [1.165, 1.54) is 45.3 Å². The van der Waals surface area contributed by atoms with Crippen LogP contribution in [-0.2, 0) is 0 Å². The average molecular weight is 275 g/mol. The van der Waals surface area contributed by atoms with Gasteiger partial charge in [0.25, 0.3) is 0 Å². The van der Waals surface area contributed by atoms with Crippen molar-refractivity contribution in [2.24, 2.45) is 5.92 Å². The van der Waals surface area contributed by atoms with Crippen molar-refractivity contribution in [3.8, 4) is 0 Å². The lowest BCUT2D eigenvalue weighted by Gasteiger charge is -2.31. The molecule has 0 spiro atoms. The van der Waals surface area contributed by atoms with E-state index in [9.17, 15) is 0 Å². The zero-order valence-electron chi connectivity index (χ0n) is 12.3. The van der Waals surface area contributed by atoms with Gasteiger partial charge in [0.15, 0.2) is 0 Å². The first kappa shape index (κ1) is 13.6. The van der Waals surface area contributed by atoms with Gasteiger partial charge in [-0.05, 0) is 51.2 Å². The lowest BCUT2D eigenvalue weighted by Crippen LogP contribution is -2.35. The molecule has 110 valence electrons. The highest BCUT2D eigenvalue weighted by Crippen LogP contribution is 2.38. The Morgan fingerprint density at radius 1 is 1.25 bits per heavy atom. The molecule has 1 aromatic heterocycles. The smallest absolute Gasteiger partial charge is 0.136 e. The van der Waals surface area contributed by atoms with Gasteiger partial charge < -0.3 is 16.0 Å². The van der Waals surface area contributed by atoms with E-state index in [2.05, 4.69) is 27.1 Å². The molecular weight excluding hydrogens is 250 g/mol. The molecule has 3 N–H and O–H groups in total. The van der Waals surface area contributed by atoms with Gasteiger partial charge in [0, 0.05) is 18.5 Å². The highest BCUT2D eigenvalue weighted by molar-refractivity contribution is 5.45. The van der Waals surface area contributed by atoms with Crippen LogP contribution < -0.4 is 11.1 Å². The van der Waals surface area contributed by atoms with E-state index in [0.29, 0.717) is 11.7 Å². The van der Waals surface area contributed by atoms with Crippen LogP contribution in [0.1, 0.15) is 44.3 Å². The molecule has 0 amide bonds. The van der Waals surface area contributed by atoms with Crippen LogP contribution in [0.4, 0.5) is 11.6 Å². The Kier molecular flexibility index (Phi) is 4.05. The van der Waals surface area contributed by atoms with Gasteiger partial charge in [0.2, 0.25) is 0 Å². The molecule has 2 fully saturated rings. The summed E-state index contributed by atoms with van der Waals surface area (Å²) in [5.41, 5.74) is 5.87. The fourth-order valence-electron chi connectivity index (χ4n) is 2.86. The first-order valence-corrected chi connectivity index (χ1v) is 7.85. The van der Waals surface area contributed by atoms with Crippen molar-refractivity contribution in [2.75, 3.05) is 37.2 Å². The number of rotatable bonds is 5. The predicted molar refractivity (Wildman–Crippen MR) is 81.7 cm³/mol. The topological polar surface area (TPSA) is 67.1 Å². The number of anilines is 2. The van der Waals surface area contributed by atoms with E-state index in [-0.39, 0.29) is 0 Å². The summed E-state index contributed by atoms with van der Waals surface area (Å²) in [4.78, 5) is 11.4. The first-order chi connectivity index (χ1) is 9.74. The van der Waals surface area contributed by atoms with Gasteiger partial charge in [0.05, 0.1) is 0 Å². The van der Waals surface area contributed by atoms with Crippen molar-refractivity contribution in [1.82, 2.24) is 14.9 Å². The largest absolute Gasteiger partial charge is 0.384 e. The average Bonchev–Trinajstić information content (AvgIpc) is 3.30. The minimum absolute atomic E-state index is 0.548. The van der Waals surface area contributed by atoms with Crippen LogP contribution in [0.3, 0.4) is 0 Å². The summed E-state index contributed by atoms with van der Waals surface area (Å²) in [6, 6.07) is 1.85. The lowest BCUT2D eigenvalue weighted by atomic mass is 9.97. The maximum absolute atomic E-state index is 5.87. The fourth-order valence-corrected chi connectivity index (χ4v) is 2.86. The van der Waals surface area contributed by atoms with Crippen LogP contribution in [0.5, 0.6) is 0 Å². The summed E-state index contributed by atoms with van der Waals surface area (Å²) in [6.45, 7) is 6.86. The summed E-state index contributed by atoms with van der Waals surface area (Å²) in [5, 5.41) is 3.46. The van der Waals surface area contributed by atoms with E-state index < -0.39 is 0 Å². The van der Waals surface area contributed by atoms with Crippen molar-refractivity contribution in [1.29, 1.82) is 0 Å². The highest BCUT2D eigenvalue weighted by atomic mass is 15.1. The van der Waals surface area contributed by atoms with E-state index in [1.807, 2.05) is 6.07 Å². The standard InChI is InChI=1S/C15H25N5/c1-2-20-7-5-11(6-8-20)10-17-14-9-13(16)18-15(19-14)12-3-4-12/h9,11-12H,2-8,10H2,1H3,(H3,16,17,18,19). The number of likely N-dealkylation sites (tertiary alicyclic amines) is 1. The van der Waals surface area contributed by atoms with Crippen LogP contribution in [0, 0.1) is 5.92 Å². The van der Waals surface area contributed by atoms with Crippen molar-refractivity contribution in [3.05, 3.63) is 11.9 Å². The normalized spacial score (nSPS) is 21.1. The highest BCUT2D eigenvalue weighted by Gasteiger charge is 2.27.